The molecule has 1 amide bonds. The van der Waals surface area contributed by atoms with Crippen LogP contribution in [0.2, 0.25) is 0 Å². The molecule has 4 rings (SSSR count). The SMILES string of the molecule is Cc1ccc2nc(NC(=O)c3cccnc3N3CCCC3)sc2c1. The highest BCUT2D eigenvalue weighted by Crippen LogP contribution is 2.28. The minimum atomic E-state index is -0.152. The van der Waals surface area contributed by atoms with E-state index < -0.39 is 0 Å². The second kappa shape index (κ2) is 6.20. The molecule has 1 saturated heterocycles. The number of anilines is 2. The Balaban J connectivity index is 1.61. The van der Waals surface area contributed by atoms with E-state index in [0.29, 0.717) is 10.7 Å². The fourth-order valence-electron chi connectivity index (χ4n) is 3.00. The predicted molar refractivity (Wildman–Crippen MR) is 98.0 cm³/mol. The second-order valence-electron chi connectivity index (χ2n) is 6.01. The highest BCUT2D eigenvalue weighted by atomic mass is 32.1. The summed E-state index contributed by atoms with van der Waals surface area (Å²) in [5, 5.41) is 3.55. The van der Waals surface area contributed by atoms with Crippen LogP contribution in [-0.2, 0) is 0 Å². The molecule has 5 nitrogen and oxygen atoms in total. The van der Waals surface area contributed by atoms with Crippen LogP contribution in [0.1, 0.15) is 28.8 Å². The maximum Gasteiger partial charge on any atom is 0.261 e. The molecule has 1 aliphatic heterocycles. The van der Waals surface area contributed by atoms with Gasteiger partial charge >= 0.3 is 0 Å². The van der Waals surface area contributed by atoms with Crippen LogP contribution in [0.5, 0.6) is 0 Å². The average Bonchev–Trinajstić information content (AvgIpc) is 3.23. The van der Waals surface area contributed by atoms with E-state index in [1.54, 1.807) is 12.3 Å². The van der Waals surface area contributed by atoms with E-state index in [2.05, 4.69) is 33.2 Å². The maximum absolute atomic E-state index is 12.7. The van der Waals surface area contributed by atoms with Gasteiger partial charge in [0.2, 0.25) is 0 Å². The van der Waals surface area contributed by atoms with Crippen molar-refractivity contribution in [3.05, 3.63) is 47.7 Å². The van der Waals surface area contributed by atoms with Crippen molar-refractivity contribution < 1.29 is 4.79 Å². The minimum Gasteiger partial charge on any atom is -0.356 e. The first-order valence-corrected chi connectivity index (χ1v) is 8.91. The number of benzene rings is 1. The third-order valence-electron chi connectivity index (χ3n) is 4.20. The molecule has 3 heterocycles. The largest absolute Gasteiger partial charge is 0.356 e. The van der Waals surface area contributed by atoms with Crippen molar-refractivity contribution in [2.45, 2.75) is 19.8 Å². The van der Waals surface area contributed by atoms with E-state index in [1.807, 2.05) is 18.2 Å². The number of carbonyl (C=O) groups excluding carboxylic acids is 1. The second-order valence-corrected chi connectivity index (χ2v) is 7.04. The summed E-state index contributed by atoms with van der Waals surface area (Å²) >= 11 is 1.50. The van der Waals surface area contributed by atoms with Gasteiger partial charge in [-0.05, 0) is 49.6 Å². The summed E-state index contributed by atoms with van der Waals surface area (Å²) in [6, 6.07) is 9.73. The third-order valence-corrected chi connectivity index (χ3v) is 5.13. The number of hydrogen-bond donors (Lipinski definition) is 1. The molecule has 1 aromatic carbocycles. The van der Waals surface area contributed by atoms with Crippen molar-refractivity contribution in [3.63, 3.8) is 0 Å². The van der Waals surface area contributed by atoms with Crippen molar-refractivity contribution in [3.8, 4) is 0 Å². The summed E-state index contributed by atoms with van der Waals surface area (Å²) in [7, 11) is 0. The van der Waals surface area contributed by atoms with Gasteiger partial charge in [-0.3, -0.25) is 10.1 Å². The monoisotopic (exact) mass is 338 g/mol. The van der Waals surface area contributed by atoms with Crippen LogP contribution < -0.4 is 10.2 Å². The van der Waals surface area contributed by atoms with Gasteiger partial charge in [-0.1, -0.05) is 17.4 Å². The van der Waals surface area contributed by atoms with Gasteiger partial charge in [-0.15, -0.1) is 0 Å². The zero-order valence-electron chi connectivity index (χ0n) is 13.5. The lowest BCUT2D eigenvalue weighted by Gasteiger charge is -2.18. The number of nitrogens with zero attached hydrogens (tertiary/aromatic N) is 3. The Morgan fingerprint density at radius 1 is 1.25 bits per heavy atom. The summed E-state index contributed by atoms with van der Waals surface area (Å²) in [6.07, 6.45) is 4.04. The van der Waals surface area contributed by atoms with E-state index in [0.717, 1.165) is 42.0 Å². The standard InChI is InChI=1S/C18H18N4OS/c1-12-6-7-14-15(11-12)24-18(20-14)21-17(23)13-5-4-8-19-16(13)22-9-2-3-10-22/h4-8,11H,2-3,9-10H2,1H3,(H,20,21,23). The van der Waals surface area contributed by atoms with Gasteiger partial charge in [0.15, 0.2) is 5.13 Å². The van der Waals surface area contributed by atoms with E-state index >= 15 is 0 Å². The number of thiazole rings is 1. The Labute approximate surface area is 144 Å². The number of aryl methyl sites for hydroxylation is 1. The Morgan fingerprint density at radius 2 is 2.08 bits per heavy atom. The van der Waals surface area contributed by atoms with E-state index in [9.17, 15) is 4.79 Å². The molecule has 0 aliphatic carbocycles. The zero-order valence-corrected chi connectivity index (χ0v) is 14.3. The molecule has 0 radical (unpaired) electrons. The number of fused-ring (bicyclic) bond motifs is 1. The highest BCUT2D eigenvalue weighted by Gasteiger charge is 2.21. The van der Waals surface area contributed by atoms with Crippen molar-refractivity contribution >= 4 is 38.4 Å². The van der Waals surface area contributed by atoms with Crippen molar-refractivity contribution in [2.24, 2.45) is 0 Å². The van der Waals surface area contributed by atoms with Gasteiger partial charge < -0.3 is 4.90 Å². The van der Waals surface area contributed by atoms with Crippen LogP contribution in [0, 0.1) is 6.92 Å². The summed E-state index contributed by atoms with van der Waals surface area (Å²) < 4.78 is 1.08. The Bertz CT molecular complexity index is 899. The van der Waals surface area contributed by atoms with Crippen molar-refractivity contribution in [2.75, 3.05) is 23.3 Å². The first-order chi connectivity index (χ1) is 11.7. The molecule has 0 bridgehead atoms. The third kappa shape index (κ3) is 2.85. The number of amides is 1. The summed E-state index contributed by atoms with van der Waals surface area (Å²) in [6.45, 7) is 3.96. The number of carbonyl (C=O) groups is 1. The molecule has 1 N–H and O–H groups in total. The maximum atomic E-state index is 12.7. The molecule has 0 spiro atoms. The van der Waals surface area contributed by atoms with Crippen LogP contribution in [0.4, 0.5) is 10.9 Å². The molecule has 3 aromatic rings. The normalized spacial score (nSPS) is 14.3. The molecule has 1 aliphatic rings. The predicted octanol–water partition coefficient (Wildman–Crippen LogP) is 3.85. The Hall–Kier alpha value is -2.47. The molecule has 0 saturated carbocycles. The van der Waals surface area contributed by atoms with E-state index in [-0.39, 0.29) is 5.91 Å². The lowest BCUT2D eigenvalue weighted by molar-refractivity contribution is 0.102. The Kier molecular flexibility index (Phi) is 3.90. The van der Waals surface area contributed by atoms with Gasteiger partial charge in [0.05, 0.1) is 15.8 Å². The van der Waals surface area contributed by atoms with Crippen LogP contribution in [0.3, 0.4) is 0 Å². The molecule has 1 fully saturated rings. The molecular weight excluding hydrogens is 320 g/mol. The topological polar surface area (TPSA) is 58.1 Å². The van der Waals surface area contributed by atoms with Gasteiger partial charge in [0, 0.05) is 19.3 Å². The van der Waals surface area contributed by atoms with Gasteiger partial charge in [-0.25, -0.2) is 9.97 Å². The smallest absolute Gasteiger partial charge is 0.261 e. The van der Waals surface area contributed by atoms with E-state index in [1.165, 1.54) is 16.9 Å². The number of hydrogen-bond acceptors (Lipinski definition) is 5. The van der Waals surface area contributed by atoms with Crippen LogP contribution in [-0.4, -0.2) is 29.0 Å². The molecular formula is C18H18N4OS. The van der Waals surface area contributed by atoms with Crippen molar-refractivity contribution in [1.82, 2.24) is 9.97 Å². The number of rotatable bonds is 3. The summed E-state index contributed by atoms with van der Waals surface area (Å²) in [4.78, 5) is 23.8. The van der Waals surface area contributed by atoms with Crippen LogP contribution >= 0.6 is 11.3 Å². The van der Waals surface area contributed by atoms with Crippen LogP contribution in [0.25, 0.3) is 10.2 Å². The first-order valence-electron chi connectivity index (χ1n) is 8.09. The highest BCUT2D eigenvalue weighted by molar-refractivity contribution is 7.22. The fourth-order valence-corrected chi connectivity index (χ4v) is 3.96. The first kappa shape index (κ1) is 15.1. The van der Waals surface area contributed by atoms with Crippen molar-refractivity contribution in [1.29, 1.82) is 0 Å². The minimum absolute atomic E-state index is 0.152. The molecule has 0 unspecified atom stereocenters. The van der Waals surface area contributed by atoms with E-state index in [4.69, 9.17) is 0 Å². The lowest BCUT2D eigenvalue weighted by atomic mass is 10.2. The molecule has 24 heavy (non-hydrogen) atoms. The average molecular weight is 338 g/mol. The quantitative estimate of drug-likeness (QED) is 0.788. The molecule has 122 valence electrons. The van der Waals surface area contributed by atoms with Gasteiger partial charge in [0.1, 0.15) is 5.82 Å². The van der Waals surface area contributed by atoms with Gasteiger partial charge in [-0.2, -0.15) is 0 Å². The fraction of sp³-hybridized carbons (Fsp3) is 0.278. The summed E-state index contributed by atoms with van der Waals surface area (Å²) in [5.74, 6) is 0.616. The zero-order chi connectivity index (χ0) is 16.5. The Morgan fingerprint density at radius 3 is 2.92 bits per heavy atom. The molecule has 0 atom stereocenters. The molecule has 6 heteroatoms. The number of pyridine rings is 1. The van der Waals surface area contributed by atoms with Crippen LogP contribution in [0.15, 0.2) is 36.5 Å². The molecule has 2 aromatic heterocycles. The lowest BCUT2D eigenvalue weighted by Crippen LogP contribution is -2.24. The van der Waals surface area contributed by atoms with Gasteiger partial charge in [0.25, 0.3) is 5.91 Å². The number of aromatic nitrogens is 2. The number of nitrogens with one attached hydrogen (secondary N) is 1. The summed E-state index contributed by atoms with van der Waals surface area (Å²) in [5.41, 5.74) is 2.70.